The van der Waals surface area contributed by atoms with Crippen LogP contribution >= 0.6 is 0 Å². The number of fused-ring (bicyclic) bond motifs is 5. The Labute approximate surface area is 221 Å². The fraction of sp³-hybridized carbons (Fsp3) is 0.0857. The molecule has 38 heavy (non-hydrogen) atoms. The highest BCUT2D eigenvalue weighted by Gasteiger charge is 2.46. The Morgan fingerprint density at radius 1 is 0.526 bits per heavy atom. The van der Waals surface area contributed by atoms with E-state index in [1.165, 1.54) is 33.4 Å². The van der Waals surface area contributed by atoms with Crippen LogP contribution in [0.2, 0.25) is 0 Å². The molecule has 0 spiro atoms. The summed E-state index contributed by atoms with van der Waals surface area (Å²) in [5.74, 6) is 0. The molecule has 0 heterocycles. The molecule has 3 nitrogen and oxygen atoms in total. The van der Waals surface area contributed by atoms with Crippen LogP contribution in [-0.2, 0) is 23.5 Å². The fourth-order valence-corrected chi connectivity index (χ4v) is 6.34. The molecule has 0 aromatic heterocycles. The van der Waals surface area contributed by atoms with Gasteiger partial charge in [0.15, 0.2) is 0 Å². The van der Waals surface area contributed by atoms with E-state index >= 15 is 0 Å². The lowest BCUT2D eigenvalue weighted by Gasteiger charge is -2.34. The zero-order valence-corrected chi connectivity index (χ0v) is 20.8. The summed E-state index contributed by atoms with van der Waals surface area (Å²) in [6.07, 6.45) is 0. The zero-order chi connectivity index (χ0) is 25.7. The van der Waals surface area contributed by atoms with E-state index in [-0.39, 0.29) is 13.2 Å². The molecule has 0 saturated carbocycles. The van der Waals surface area contributed by atoms with Crippen molar-refractivity contribution in [1.82, 2.24) is 0 Å². The van der Waals surface area contributed by atoms with Gasteiger partial charge in [-0.2, -0.15) is 0 Å². The summed E-state index contributed by atoms with van der Waals surface area (Å²) < 4.78 is 0. The number of hydrogen-bond acceptors (Lipinski definition) is 3. The number of rotatable bonds is 5. The van der Waals surface area contributed by atoms with E-state index in [4.69, 9.17) is 5.26 Å². The Hall–Kier alpha value is -4.28. The maximum Gasteiger partial charge on any atom is 0.107 e. The first-order valence-electron chi connectivity index (χ1n) is 12.9. The predicted molar refractivity (Wildman–Crippen MR) is 152 cm³/mol. The van der Waals surface area contributed by atoms with Crippen molar-refractivity contribution in [2.24, 2.45) is 0 Å². The van der Waals surface area contributed by atoms with Crippen molar-refractivity contribution in [2.45, 2.75) is 18.6 Å². The van der Waals surface area contributed by atoms with Gasteiger partial charge in [0.1, 0.15) is 6.61 Å². The van der Waals surface area contributed by atoms with Crippen molar-refractivity contribution >= 4 is 21.5 Å². The Kier molecular flexibility index (Phi) is 5.38. The first-order chi connectivity index (χ1) is 18.7. The van der Waals surface area contributed by atoms with E-state index < -0.39 is 5.41 Å². The molecule has 0 saturated heterocycles. The van der Waals surface area contributed by atoms with Crippen molar-refractivity contribution in [2.75, 3.05) is 0 Å². The summed E-state index contributed by atoms with van der Waals surface area (Å²) in [6.45, 7) is 0.197. The summed E-state index contributed by atoms with van der Waals surface area (Å²) in [5, 5.41) is 23.1. The maximum atomic E-state index is 9.65. The van der Waals surface area contributed by atoms with Crippen molar-refractivity contribution in [3.63, 3.8) is 0 Å². The second kappa shape index (κ2) is 8.93. The third-order valence-corrected chi connectivity index (χ3v) is 8.04. The largest absolute Gasteiger partial charge is 0.392 e. The highest BCUT2D eigenvalue weighted by molar-refractivity contribution is 5.91. The standard InChI is InChI=1S/C35H26O3/c36-21-23-9-11-27-19-29(15-13-25(27)17-23)35(30-16-14-26-18-24(22-38-37)10-12-28(26)20-30)33-7-3-1-5-31(33)32-6-2-4-8-34(32)35/h1-20,36-37H,21-22H2. The summed E-state index contributed by atoms with van der Waals surface area (Å²) >= 11 is 0. The van der Waals surface area contributed by atoms with Crippen molar-refractivity contribution in [3.05, 3.63) is 155 Å². The van der Waals surface area contributed by atoms with Gasteiger partial charge in [-0.05, 0) is 90.3 Å². The van der Waals surface area contributed by atoms with Crippen LogP contribution < -0.4 is 0 Å². The second-order valence-electron chi connectivity index (χ2n) is 10.1. The first-order valence-corrected chi connectivity index (χ1v) is 12.9. The van der Waals surface area contributed by atoms with Crippen molar-refractivity contribution < 1.29 is 15.3 Å². The topological polar surface area (TPSA) is 49.7 Å². The van der Waals surface area contributed by atoms with Crippen molar-refractivity contribution in [3.8, 4) is 11.1 Å². The molecule has 0 atom stereocenters. The fourth-order valence-electron chi connectivity index (χ4n) is 6.34. The normalized spacial score (nSPS) is 13.5. The molecular weight excluding hydrogens is 468 g/mol. The zero-order valence-electron chi connectivity index (χ0n) is 20.8. The third kappa shape index (κ3) is 3.34. The van der Waals surface area contributed by atoms with Gasteiger partial charge in [-0.15, -0.1) is 0 Å². The molecule has 0 radical (unpaired) electrons. The van der Waals surface area contributed by atoms with E-state index in [1.54, 1.807) is 0 Å². The Balaban J connectivity index is 1.55. The highest BCUT2D eigenvalue weighted by Crippen LogP contribution is 2.56. The lowest BCUT2D eigenvalue weighted by molar-refractivity contribution is -0.252. The Bertz CT molecular complexity index is 1790. The van der Waals surface area contributed by atoms with Crippen molar-refractivity contribution in [1.29, 1.82) is 0 Å². The second-order valence-corrected chi connectivity index (χ2v) is 10.1. The van der Waals surface area contributed by atoms with Gasteiger partial charge in [0.25, 0.3) is 0 Å². The van der Waals surface area contributed by atoms with Gasteiger partial charge >= 0.3 is 0 Å². The van der Waals surface area contributed by atoms with Gasteiger partial charge in [-0.25, -0.2) is 4.89 Å². The van der Waals surface area contributed by atoms with E-state index in [2.05, 4.69) is 114 Å². The minimum absolute atomic E-state index is 0.0333. The van der Waals surface area contributed by atoms with E-state index in [0.29, 0.717) is 0 Å². The summed E-state index contributed by atoms with van der Waals surface area (Å²) in [5.41, 5.74) is 8.84. The minimum Gasteiger partial charge on any atom is -0.392 e. The Morgan fingerprint density at radius 3 is 1.55 bits per heavy atom. The molecule has 0 bridgehead atoms. The molecule has 0 unspecified atom stereocenters. The number of benzene rings is 6. The molecule has 1 aliphatic rings. The van der Waals surface area contributed by atoms with Gasteiger partial charge in [0.2, 0.25) is 0 Å². The summed E-state index contributed by atoms with van der Waals surface area (Å²) in [6, 6.07) is 43.3. The molecule has 2 N–H and O–H groups in total. The first kappa shape index (κ1) is 22.9. The van der Waals surface area contributed by atoms with Crippen LogP contribution in [0.3, 0.4) is 0 Å². The molecule has 6 aromatic carbocycles. The number of hydrogen-bond donors (Lipinski definition) is 2. The third-order valence-electron chi connectivity index (χ3n) is 8.04. The van der Waals surface area contributed by atoms with Gasteiger partial charge in [0, 0.05) is 0 Å². The smallest absolute Gasteiger partial charge is 0.107 e. The SMILES string of the molecule is OCc1ccc2cc(C3(c4ccc5cc(COO)ccc5c4)c4ccccc4-c4ccccc43)ccc2c1. The van der Waals surface area contributed by atoms with E-state index in [1.807, 2.05) is 12.1 Å². The van der Waals surface area contributed by atoms with Crippen LogP contribution in [0, 0.1) is 0 Å². The lowest BCUT2D eigenvalue weighted by Crippen LogP contribution is -2.28. The van der Waals surface area contributed by atoms with Gasteiger partial charge in [0.05, 0.1) is 12.0 Å². The Morgan fingerprint density at radius 2 is 1.00 bits per heavy atom. The van der Waals surface area contributed by atoms with Crippen LogP contribution in [0.1, 0.15) is 33.4 Å². The number of aliphatic hydroxyl groups is 1. The summed E-state index contributed by atoms with van der Waals surface area (Å²) in [7, 11) is 0. The maximum absolute atomic E-state index is 9.65. The molecule has 184 valence electrons. The van der Waals surface area contributed by atoms with Crippen LogP contribution in [0.15, 0.2) is 121 Å². The molecule has 6 aromatic rings. The van der Waals surface area contributed by atoms with Crippen LogP contribution in [0.5, 0.6) is 0 Å². The molecule has 7 rings (SSSR count). The predicted octanol–water partition coefficient (Wildman–Crippen LogP) is 7.84. The molecule has 0 fully saturated rings. The molecule has 0 amide bonds. The van der Waals surface area contributed by atoms with Crippen LogP contribution in [-0.4, -0.2) is 10.4 Å². The van der Waals surface area contributed by atoms with E-state index in [9.17, 15) is 5.11 Å². The van der Waals surface area contributed by atoms with Gasteiger partial charge in [-0.3, -0.25) is 5.26 Å². The molecular formula is C35H26O3. The quantitative estimate of drug-likeness (QED) is 0.189. The van der Waals surface area contributed by atoms with E-state index in [0.717, 1.165) is 32.7 Å². The molecule has 3 heteroatoms. The van der Waals surface area contributed by atoms with Gasteiger partial charge in [-0.1, -0.05) is 97.1 Å². The lowest BCUT2D eigenvalue weighted by atomic mass is 9.67. The highest BCUT2D eigenvalue weighted by atomic mass is 17.1. The number of aliphatic hydroxyl groups excluding tert-OH is 1. The van der Waals surface area contributed by atoms with Crippen LogP contribution in [0.4, 0.5) is 0 Å². The van der Waals surface area contributed by atoms with Gasteiger partial charge < -0.3 is 5.11 Å². The summed E-state index contributed by atoms with van der Waals surface area (Å²) in [4.78, 5) is 4.37. The monoisotopic (exact) mass is 494 g/mol. The van der Waals surface area contributed by atoms with Crippen LogP contribution in [0.25, 0.3) is 32.7 Å². The molecule has 0 aliphatic heterocycles. The average Bonchev–Trinajstić information content (AvgIpc) is 3.28. The molecule has 1 aliphatic carbocycles. The minimum atomic E-state index is -0.488. The average molecular weight is 495 g/mol.